The Kier molecular flexibility index (Phi) is 5.91. The third-order valence-electron chi connectivity index (χ3n) is 3.16. The summed E-state index contributed by atoms with van der Waals surface area (Å²) in [6, 6.07) is 0. The largest absolute Gasteiger partial charge is 0.481 e. The number of carboxylic acids is 2. The summed E-state index contributed by atoms with van der Waals surface area (Å²) >= 11 is 0. The van der Waals surface area contributed by atoms with Gasteiger partial charge in [-0.2, -0.15) is 0 Å². The van der Waals surface area contributed by atoms with E-state index in [9.17, 15) is 19.8 Å². The van der Waals surface area contributed by atoms with E-state index >= 15 is 0 Å². The molecule has 0 saturated heterocycles. The second kappa shape index (κ2) is 5.45. The molecule has 0 fully saturated rings. The van der Waals surface area contributed by atoms with E-state index in [0.29, 0.717) is 0 Å². The number of rotatable bonds is 3. The van der Waals surface area contributed by atoms with E-state index in [1.165, 1.54) is 0 Å². The van der Waals surface area contributed by atoms with Crippen LogP contribution in [-0.4, -0.2) is 27.7 Å². The topological polar surface area (TPSA) is 101 Å². The standard InChI is InChI=1S/C12H23NO4.ClH/c1-10(2,3)7(8(14)15)12(13,9(16)17)11(4,5)6;/h7H,13H2,1-6H3,(H,14,15)(H,16,17);1H/t7?,12-;/m0./s1. The minimum absolute atomic E-state index is 0. The van der Waals surface area contributed by atoms with Crippen molar-refractivity contribution in [2.45, 2.75) is 47.1 Å². The molecule has 18 heavy (non-hydrogen) atoms. The summed E-state index contributed by atoms with van der Waals surface area (Å²) in [5.41, 5.74) is 2.54. The maximum absolute atomic E-state index is 11.5. The van der Waals surface area contributed by atoms with Crippen LogP contribution in [0.3, 0.4) is 0 Å². The van der Waals surface area contributed by atoms with Crippen LogP contribution in [0, 0.1) is 16.7 Å². The molecule has 0 heterocycles. The average Bonchev–Trinajstić information content (AvgIpc) is 1.97. The molecule has 4 N–H and O–H groups in total. The van der Waals surface area contributed by atoms with Gasteiger partial charge in [0, 0.05) is 0 Å². The summed E-state index contributed by atoms with van der Waals surface area (Å²) < 4.78 is 0. The number of hydrogen-bond donors (Lipinski definition) is 3. The number of carbonyl (C=O) groups is 2. The van der Waals surface area contributed by atoms with Crippen molar-refractivity contribution in [2.75, 3.05) is 0 Å². The Morgan fingerprint density at radius 2 is 1.33 bits per heavy atom. The van der Waals surface area contributed by atoms with Gasteiger partial charge in [0.05, 0.1) is 5.92 Å². The molecule has 0 spiro atoms. The van der Waals surface area contributed by atoms with Gasteiger partial charge in [0.15, 0.2) is 0 Å². The highest BCUT2D eigenvalue weighted by atomic mass is 35.5. The molecule has 0 aromatic carbocycles. The maximum atomic E-state index is 11.5. The molecule has 0 aliphatic rings. The van der Waals surface area contributed by atoms with Crippen LogP contribution >= 0.6 is 12.4 Å². The molecule has 0 amide bonds. The van der Waals surface area contributed by atoms with Crippen LogP contribution in [-0.2, 0) is 9.59 Å². The average molecular weight is 282 g/mol. The molecule has 0 saturated carbocycles. The minimum atomic E-state index is -1.82. The lowest BCUT2D eigenvalue weighted by atomic mass is 9.59. The number of carboxylic acid groups (broad SMARTS) is 2. The number of hydrogen-bond acceptors (Lipinski definition) is 3. The lowest BCUT2D eigenvalue weighted by Crippen LogP contribution is -2.67. The first kappa shape index (κ1) is 19.5. The zero-order valence-electron chi connectivity index (χ0n) is 11.8. The SMILES string of the molecule is CC(C)(C)C(C(=O)O)[C@](N)(C(=O)O)C(C)(C)C.Cl. The molecule has 1 unspecified atom stereocenters. The molecule has 108 valence electrons. The van der Waals surface area contributed by atoms with Crippen LogP contribution in [0.2, 0.25) is 0 Å². The number of aliphatic carboxylic acids is 2. The van der Waals surface area contributed by atoms with Crippen molar-refractivity contribution in [2.24, 2.45) is 22.5 Å². The van der Waals surface area contributed by atoms with Crippen molar-refractivity contribution in [1.29, 1.82) is 0 Å². The molecule has 2 atom stereocenters. The van der Waals surface area contributed by atoms with Crippen LogP contribution in [0.5, 0.6) is 0 Å². The van der Waals surface area contributed by atoms with Gasteiger partial charge in [0.1, 0.15) is 5.54 Å². The zero-order valence-corrected chi connectivity index (χ0v) is 12.6. The van der Waals surface area contributed by atoms with Gasteiger partial charge in [0.2, 0.25) is 0 Å². The van der Waals surface area contributed by atoms with E-state index in [0.717, 1.165) is 0 Å². The van der Waals surface area contributed by atoms with Gasteiger partial charge in [-0.3, -0.25) is 9.59 Å². The van der Waals surface area contributed by atoms with E-state index in [4.69, 9.17) is 5.73 Å². The van der Waals surface area contributed by atoms with Crippen molar-refractivity contribution >= 4 is 24.3 Å². The molecule has 0 aromatic rings. The second-order valence-corrected chi connectivity index (χ2v) is 6.56. The first-order chi connectivity index (χ1) is 7.26. The number of halogens is 1. The van der Waals surface area contributed by atoms with E-state index in [2.05, 4.69) is 0 Å². The lowest BCUT2D eigenvalue weighted by molar-refractivity contribution is -0.167. The van der Waals surface area contributed by atoms with E-state index in [-0.39, 0.29) is 12.4 Å². The van der Waals surface area contributed by atoms with Crippen molar-refractivity contribution in [3.05, 3.63) is 0 Å². The van der Waals surface area contributed by atoms with Crippen molar-refractivity contribution in [3.8, 4) is 0 Å². The van der Waals surface area contributed by atoms with Gasteiger partial charge in [-0.1, -0.05) is 41.5 Å². The van der Waals surface area contributed by atoms with E-state index in [1.807, 2.05) is 0 Å². The van der Waals surface area contributed by atoms with Crippen molar-refractivity contribution < 1.29 is 19.8 Å². The Morgan fingerprint density at radius 1 is 1.00 bits per heavy atom. The van der Waals surface area contributed by atoms with Crippen molar-refractivity contribution in [1.82, 2.24) is 0 Å². The highest BCUT2D eigenvalue weighted by Gasteiger charge is 2.58. The Bertz CT molecular complexity index is 330. The summed E-state index contributed by atoms with van der Waals surface area (Å²) in [4.78, 5) is 22.9. The predicted octanol–water partition coefficient (Wildman–Crippen LogP) is 1.98. The van der Waals surface area contributed by atoms with Gasteiger partial charge in [0.25, 0.3) is 0 Å². The Labute approximate surface area is 114 Å². The normalized spacial score (nSPS) is 17.3. The minimum Gasteiger partial charge on any atom is -0.481 e. The van der Waals surface area contributed by atoms with Gasteiger partial charge < -0.3 is 15.9 Å². The summed E-state index contributed by atoms with van der Waals surface area (Å²) in [6.07, 6.45) is 0. The second-order valence-electron chi connectivity index (χ2n) is 6.56. The van der Waals surface area contributed by atoms with E-state index < -0.39 is 34.2 Å². The van der Waals surface area contributed by atoms with Gasteiger partial charge in [-0.25, -0.2) is 0 Å². The van der Waals surface area contributed by atoms with Crippen LogP contribution in [0.1, 0.15) is 41.5 Å². The fourth-order valence-corrected chi connectivity index (χ4v) is 2.13. The summed E-state index contributed by atoms with van der Waals surface area (Å²) in [5.74, 6) is -3.64. The molecule has 6 heteroatoms. The third-order valence-corrected chi connectivity index (χ3v) is 3.16. The summed E-state index contributed by atoms with van der Waals surface area (Å²) in [7, 11) is 0. The molecule has 0 rings (SSSR count). The summed E-state index contributed by atoms with van der Waals surface area (Å²) in [6.45, 7) is 9.97. The van der Waals surface area contributed by atoms with Crippen LogP contribution < -0.4 is 5.73 Å². The van der Waals surface area contributed by atoms with E-state index in [1.54, 1.807) is 41.5 Å². The maximum Gasteiger partial charge on any atom is 0.325 e. The molecule has 0 aromatic heterocycles. The molecule has 0 radical (unpaired) electrons. The molecule has 0 aliphatic heterocycles. The number of nitrogens with two attached hydrogens (primary N) is 1. The Morgan fingerprint density at radius 3 is 1.39 bits per heavy atom. The Balaban J connectivity index is 0. The lowest BCUT2D eigenvalue weighted by Gasteiger charge is -2.46. The quantitative estimate of drug-likeness (QED) is 0.734. The van der Waals surface area contributed by atoms with Gasteiger partial charge in [-0.15, -0.1) is 12.4 Å². The van der Waals surface area contributed by atoms with Crippen LogP contribution in [0.25, 0.3) is 0 Å². The monoisotopic (exact) mass is 281 g/mol. The van der Waals surface area contributed by atoms with Crippen LogP contribution in [0.15, 0.2) is 0 Å². The zero-order chi connectivity index (χ0) is 14.2. The van der Waals surface area contributed by atoms with Gasteiger partial charge >= 0.3 is 11.9 Å². The highest BCUT2D eigenvalue weighted by Crippen LogP contribution is 2.43. The predicted molar refractivity (Wildman–Crippen MR) is 71.8 cm³/mol. The first-order valence-corrected chi connectivity index (χ1v) is 5.51. The van der Waals surface area contributed by atoms with Crippen LogP contribution in [0.4, 0.5) is 0 Å². The fourth-order valence-electron chi connectivity index (χ4n) is 2.13. The molecular formula is C12H24ClNO4. The summed E-state index contributed by atoms with van der Waals surface area (Å²) in [5, 5.41) is 18.7. The smallest absolute Gasteiger partial charge is 0.325 e. The Hall–Kier alpha value is -0.810. The molecule has 0 bridgehead atoms. The molecule has 5 nitrogen and oxygen atoms in total. The van der Waals surface area contributed by atoms with Crippen molar-refractivity contribution in [3.63, 3.8) is 0 Å². The highest BCUT2D eigenvalue weighted by molar-refractivity contribution is 5.88. The fraction of sp³-hybridized carbons (Fsp3) is 0.833. The first-order valence-electron chi connectivity index (χ1n) is 5.51. The molecular weight excluding hydrogens is 258 g/mol. The third kappa shape index (κ3) is 3.36. The molecule has 0 aliphatic carbocycles. The van der Waals surface area contributed by atoms with Gasteiger partial charge in [-0.05, 0) is 10.8 Å².